The molecule has 0 aliphatic carbocycles. The van der Waals surface area contributed by atoms with E-state index in [1.807, 2.05) is 30.5 Å². The fourth-order valence-electron chi connectivity index (χ4n) is 5.31. The zero-order chi connectivity index (χ0) is 28.0. The van der Waals surface area contributed by atoms with Crippen LogP contribution < -0.4 is 11.1 Å². The van der Waals surface area contributed by atoms with Gasteiger partial charge in [-0.3, -0.25) is 9.59 Å². The van der Waals surface area contributed by atoms with Gasteiger partial charge in [0.15, 0.2) is 0 Å². The lowest BCUT2D eigenvalue weighted by atomic mass is 10.0. The fraction of sp³-hybridized carbons (Fsp3) is 0.214. The summed E-state index contributed by atoms with van der Waals surface area (Å²) < 4.78 is 30.4. The SMILES string of the molecule is Nc1ncnc2c1c(-c1cccc3cc[nH]c13)cn2CC(=O)N1C[C@H](F)C[C@H]1C(=O)NCc1cccc(Cl)c1F. The van der Waals surface area contributed by atoms with E-state index in [0.29, 0.717) is 11.0 Å². The monoisotopic (exact) mass is 563 g/mol. The Bertz CT molecular complexity index is 1770. The molecular formula is C28H24ClF2N7O2. The van der Waals surface area contributed by atoms with Gasteiger partial charge in [-0.15, -0.1) is 0 Å². The van der Waals surface area contributed by atoms with Gasteiger partial charge in [0.25, 0.3) is 0 Å². The molecule has 3 aromatic heterocycles. The minimum Gasteiger partial charge on any atom is -0.383 e. The molecule has 2 atom stereocenters. The van der Waals surface area contributed by atoms with E-state index in [1.54, 1.807) is 16.8 Å². The number of hydrogen-bond donors (Lipinski definition) is 3. The molecule has 204 valence electrons. The first-order chi connectivity index (χ1) is 19.3. The number of fused-ring (bicyclic) bond motifs is 2. The Hall–Kier alpha value is -4.51. The van der Waals surface area contributed by atoms with E-state index >= 15 is 0 Å². The third-order valence-electron chi connectivity index (χ3n) is 7.22. The first-order valence-electron chi connectivity index (χ1n) is 12.6. The Morgan fingerprint density at radius 3 is 2.83 bits per heavy atom. The highest BCUT2D eigenvalue weighted by molar-refractivity contribution is 6.30. The Kier molecular flexibility index (Phi) is 6.59. The van der Waals surface area contributed by atoms with Crippen LogP contribution in [0.25, 0.3) is 33.1 Å². The summed E-state index contributed by atoms with van der Waals surface area (Å²) in [5, 5.41) is 4.13. The van der Waals surface area contributed by atoms with Gasteiger partial charge in [0.1, 0.15) is 42.4 Å². The number of nitrogens with zero attached hydrogens (tertiary/aromatic N) is 4. The minimum atomic E-state index is -1.37. The molecule has 1 saturated heterocycles. The maximum atomic E-state index is 14.5. The van der Waals surface area contributed by atoms with Crippen molar-refractivity contribution < 1.29 is 18.4 Å². The van der Waals surface area contributed by atoms with Crippen molar-refractivity contribution in [1.29, 1.82) is 0 Å². The summed E-state index contributed by atoms with van der Waals surface area (Å²) in [7, 11) is 0. The molecule has 0 spiro atoms. The number of hydrogen-bond acceptors (Lipinski definition) is 5. The number of anilines is 1. The number of rotatable bonds is 6. The Balaban J connectivity index is 1.27. The molecule has 4 N–H and O–H groups in total. The average Bonchev–Trinajstić information content (AvgIpc) is 3.67. The van der Waals surface area contributed by atoms with Crippen LogP contribution in [0.15, 0.2) is 61.2 Å². The first-order valence-corrected chi connectivity index (χ1v) is 13.0. The molecule has 6 rings (SSSR count). The molecule has 0 radical (unpaired) electrons. The summed E-state index contributed by atoms with van der Waals surface area (Å²) in [5.41, 5.74) is 9.36. The van der Waals surface area contributed by atoms with Crippen molar-refractivity contribution in [2.45, 2.75) is 31.7 Å². The van der Waals surface area contributed by atoms with Gasteiger partial charge in [-0.1, -0.05) is 41.9 Å². The zero-order valence-corrected chi connectivity index (χ0v) is 21.8. The molecule has 2 amide bonds. The number of alkyl halides is 1. The van der Waals surface area contributed by atoms with Gasteiger partial charge >= 0.3 is 0 Å². The number of carbonyl (C=O) groups is 2. The summed E-state index contributed by atoms with van der Waals surface area (Å²) in [6.45, 7) is -0.576. The van der Waals surface area contributed by atoms with Crippen LogP contribution in [0.4, 0.5) is 14.6 Å². The highest BCUT2D eigenvalue weighted by atomic mass is 35.5. The third kappa shape index (κ3) is 4.51. The van der Waals surface area contributed by atoms with Crippen LogP contribution in [0.1, 0.15) is 12.0 Å². The molecule has 1 aliphatic heterocycles. The summed E-state index contributed by atoms with van der Waals surface area (Å²) >= 11 is 5.82. The molecule has 9 nitrogen and oxygen atoms in total. The van der Waals surface area contributed by atoms with Crippen molar-refractivity contribution in [2.75, 3.05) is 12.3 Å². The van der Waals surface area contributed by atoms with E-state index in [1.165, 1.54) is 23.4 Å². The van der Waals surface area contributed by atoms with E-state index in [4.69, 9.17) is 17.3 Å². The van der Waals surface area contributed by atoms with E-state index in [9.17, 15) is 18.4 Å². The van der Waals surface area contributed by atoms with Gasteiger partial charge in [0.2, 0.25) is 11.8 Å². The molecular weight excluding hydrogens is 540 g/mol. The van der Waals surface area contributed by atoms with Gasteiger partial charge in [-0.05, 0) is 17.5 Å². The van der Waals surface area contributed by atoms with Crippen LogP contribution in [0.5, 0.6) is 0 Å². The Morgan fingerprint density at radius 2 is 1.98 bits per heavy atom. The molecule has 1 aliphatic rings. The summed E-state index contributed by atoms with van der Waals surface area (Å²) in [5.74, 6) is -1.42. The van der Waals surface area contributed by atoms with Crippen molar-refractivity contribution >= 4 is 51.2 Å². The largest absolute Gasteiger partial charge is 0.383 e. The van der Waals surface area contributed by atoms with Crippen molar-refractivity contribution in [3.05, 3.63) is 77.6 Å². The predicted molar refractivity (Wildman–Crippen MR) is 148 cm³/mol. The molecule has 1 fully saturated rings. The smallest absolute Gasteiger partial charge is 0.243 e. The van der Waals surface area contributed by atoms with Gasteiger partial charge in [0, 0.05) is 42.0 Å². The summed E-state index contributed by atoms with van der Waals surface area (Å²) in [6.07, 6.45) is 3.39. The molecule has 0 bridgehead atoms. The van der Waals surface area contributed by atoms with E-state index in [2.05, 4.69) is 20.3 Å². The maximum Gasteiger partial charge on any atom is 0.243 e. The lowest BCUT2D eigenvalue weighted by molar-refractivity contribution is -0.139. The number of amides is 2. The van der Waals surface area contributed by atoms with Crippen LogP contribution in [-0.4, -0.2) is 55.0 Å². The minimum absolute atomic E-state index is 0.0662. The van der Waals surface area contributed by atoms with Crippen LogP contribution >= 0.6 is 11.6 Å². The van der Waals surface area contributed by atoms with Crippen LogP contribution in [0, 0.1) is 5.82 Å². The molecule has 12 heteroatoms. The van der Waals surface area contributed by atoms with Gasteiger partial charge in [-0.25, -0.2) is 18.7 Å². The second-order valence-electron chi connectivity index (χ2n) is 9.70. The van der Waals surface area contributed by atoms with E-state index in [0.717, 1.165) is 22.0 Å². The Morgan fingerprint density at radius 1 is 1.15 bits per heavy atom. The molecule has 40 heavy (non-hydrogen) atoms. The van der Waals surface area contributed by atoms with Gasteiger partial charge in [0.05, 0.1) is 22.5 Å². The number of nitrogen functional groups attached to an aromatic ring is 1. The number of nitrogens with two attached hydrogens (primary N) is 1. The van der Waals surface area contributed by atoms with E-state index in [-0.39, 0.29) is 42.5 Å². The molecule has 5 aromatic rings. The Labute approximate surface area is 231 Å². The standard InChI is InChI=1S/C28H24ClF2N7O2/c29-20-6-2-4-16(24(20)31)10-34-28(40)21-9-17(30)11-38(21)22(39)13-37-12-19(23-26(32)35-14-36-27(23)37)18-5-1-3-15-7-8-33-25(15)18/h1-8,12,14,17,21,33H,9-11,13H2,(H,34,40)(H2,32,35,36)/t17-,21+/m1/s1. The van der Waals surface area contributed by atoms with Crippen LogP contribution in [-0.2, 0) is 22.7 Å². The molecule has 2 aromatic carbocycles. The highest BCUT2D eigenvalue weighted by Crippen LogP contribution is 2.36. The molecule has 0 unspecified atom stereocenters. The number of likely N-dealkylation sites (tertiary alicyclic amines) is 1. The lowest BCUT2D eigenvalue weighted by Crippen LogP contribution is -2.46. The number of para-hydroxylation sites is 1. The number of halogens is 3. The lowest BCUT2D eigenvalue weighted by Gasteiger charge is -2.24. The number of aromatic amines is 1. The van der Waals surface area contributed by atoms with Crippen molar-refractivity contribution in [3.8, 4) is 11.1 Å². The average molecular weight is 564 g/mol. The van der Waals surface area contributed by atoms with Crippen molar-refractivity contribution in [1.82, 2.24) is 29.7 Å². The quantitative estimate of drug-likeness (QED) is 0.286. The molecule has 0 saturated carbocycles. The summed E-state index contributed by atoms with van der Waals surface area (Å²) in [4.78, 5) is 39.5. The highest BCUT2D eigenvalue weighted by Gasteiger charge is 2.40. The van der Waals surface area contributed by atoms with Crippen LogP contribution in [0.3, 0.4) is 0 Å². The number of benzene rings is 2. The number of carbonyl (C=O) groups excluding carboxylic acids is 2. The second kappa shape index (κ2) is 10.2. The van der Waals surface area contributed by atoms with Gasteiger partial charge < -0.3 is 25.5 Å². The van der Waals surface area contributed by atoms with Crippen LogP contribution in [0.2, 0.25) is 5.02 Å². The predicted octanol–water partition coefficient (Wildman–Crippen LogP) is 4.21. The normalized spacial score (nSPS) is 17.1. The van der Waals surface area contributed by atoms with Crippen molar-refractivity contribution in [2.24, 2.45) is 0 Å². The number of H-pyrrole nitrogens is 1. The zero-order valence-electron chi connectivity index (χ0n) is 21.1. The van der Waals surface area contributed by atoms with Gasteiger partial charge in [-0.2, -0.15) is 0 Å². The van der Waals surface area contributed by atoms with E-state index < -0.39 is 29.8 Å². The molecule has 4 heterocycles. The second-order valence-corrected chi connectivity index (χ2v) is 10.1. The fourth-order valence-corrected chi connectivity index (χ4v) is 5.51. The number of aromatic nitrogens is 4. The number of nitrogens with one attached hydrogen (secondary N) is 2. The first kappa shape index (κ1) is 25.8. The topological polar surface area (TPSA) is 122 Å². The summed E-state index contributed by atoms with van der Waals surface area (Å²) in [6, 6.07) is 11.2. The maximum absolute atomic E-state index is 14.5. The van der Waals surface area contributed by atoms with Crippen molar-refractivity contribution in [3.63, 3.8) is 0 Å². The third-order valence-corrected chi connectivity index (χ3v) is 7.52.